The molecule has 1 atom stereocenters. The molecule has 0 saturated heterocycles. The lowest BCUT2D eigenvalue weighted by atomic mass is 10.3. The van der Waals surface area contributed by atoms with Gasteiger partial charge in [-0.15, -0.1) is 11.6 Å². The number of aromatic nitrogens is 2. The van der Waals surface area contributed by atoms with Crippen molar-refractivity contribution in [2.45, 2.75) is 19.9 Å². The van der Waals surface area contributed by atoms with Crippen LogP contribution in [0.2, 0.25) is 5.02 Å². The zero-order valence-electron chi connectivity index (χ0n) is 11.0. The second-order valence-electron chi connectivity index (χ2n) is 4.31. The first-order chi connectivity index (χ1) is 9.56. The molecular formula is C13H15Cl2FN2OS. The topological polar surface area (TPSA) is 34.9 Å². The van der Waals surface area contributed by atoms with E-state index in [2.05, 4.69) is 4.98 Å². The van der Waals surface area contributed by atoms with Crippen LogP contribution in [0.5, 0.6) is 0 Å². The van der Waals surface area contributed by atoms with Crippen molar-refractivity contribution >= 4 is 45.0 Å². The number of nitrogens with zero attached hydrogens (tertiary/aromatic N) is 2. The average molecular weight is 337 g/mol. The number of hydrogen-bond donors (Lipinski definition) is 0. The molecule has 7 heteroatoms. The Labute approximate surface area is 129 Å². The Kier molecular flexibility index (Phi) is 5.41. The van der Waals surface area contributed by atoms with Gasteiger partial charge >= 0.3 is 0 Å². The molecule has 0 saturated carbocycles. The molecule has 0 amide bonds. The van der Waals surface area contributed by atoms with E-state index in [-0.39, 0.29) is 5.02 Å². The number of rotatable bonds is 6. The SMILES string of the molecule is CCS(=O)CCn1c(CCCl)nc2cc(F)c(Cl)cc21. The molecule has 0 aliphatic carbocycles. The van der Waals surface area contributed by atoms with Crippen molar-refractivity contribution in [3.63, 3.8) is 0 Å². The van der Waals surface area contributed by atoms with Gasteiger partial charge in [0.2, 0.25) is 0 Å². The Morgan fingerprint density at radius 3 is 2.85 bits per heavy atom. The van der Waals surface area contributed by atoms with Gasteiger partial charge < -0.3 is 4.57 Å². The third-order valence-electron chi connectivity index (χ3n) is 3.05. The van der Waals surface area contributed by atoms with Crippen LogP contribution >= 0.6 is 23.2 Å². The van der Waals surface area contributed by atoms with E-state index < -0.39 is 16.6 Å². The Bertz CT molecular complexity index is 645. The number of halogens is 3. The van der Waals surface area contributed by atoms with Crippen molar-refractivity contribution in [2.24, 2.45) is 0 Å². The van der Waals surface area contributed by atoms with E-state index >= 15 is 0 Å². The summed E-state index contributed by atoms with van der Waals surface area (Å²) in [6.07, 6.45) is 0.578. The molecule has 1 heterocycles. The van der Waals surface area contributed by atoms with Crippen molar-refractivity contribution in [3.05, 3.63) is 28.8 Å². The van der Waals surface area contributed by atoms with Crippen molar-refractivity contribution < 1.29 is 8.60 Å². The van der Waals surface area contributed by atoms with E-state index in [0.717, 1.165) is 11.3 Å². The predicted octanol–water partition coefficient (Wildman–Crippen LogP) is 3.38. The number of aryl methyl sites for hydroxylation is 2. The average Bonchev–Trinajstić information content (AvgIpc) is 2.74. The van der Waals surface area contributed by atoms with Crippen LogP contribution in [0.15, 0.2) is 12.1 Å². The molecule has 1 aromatic heterocycles. The minimum absolute atomic E-state index is 0.0627. The van der Waals surface area contributed by atoms with Gasteiger partial charge in [0.25, 0.3) is 0 Å². The highest BCUT2D eigenvalue weighted by molar-refractivity contribution is 7.84. The summed E-state index contributed by atoms with van der Waals surface area (Å²) < 4.78 is 27.0. The second kappa shape index (κ2) is 6.87. The van der Waals surface area contributed by atoms with Crippen LogP contribution in [0.25, 0.3) is 11.0 Å². The van der Waals surface area contributed by atoms with Crippen LogP contribution in [0, 0.1) is 5.82 Å². The summed E-state index contributed by atoms with van der Waals surface area (Å²) >= 11 is 11.6. The van der Waals surface area contributed by atoms with E-state index in [1.165, 1.54) is 6.07 Å². The largest absolute Gasteiger partial charge is 0.327 e. The minimum atomic E-state index is -0.865. The van der Waals surface area contributed by atoms with Gasteiger partial charge in [0, 0.05) is 47.2 Å². The first-order valence-electron chi connectivity index (χ1n) is 6.32. The maximum atomic E-state index is 13.5. The molecule has 0 bridgehead atoms. The zero-order valence-corrected chi connectivity index (χ0v) is 13.4. The summed E-state index contributed by atoms with van der Waals surface area (Å²) in [5.41, 5.74) is 1.30. The van der Waals surface area contributed by atoms with Crippen molar-refractivity contribution in [1.82, 2.24) is 9.55 Å². The molecule has 20 heavy (non-hydrogen) atoms. The van der Waals surface area contributed by atoms with E-state index in [1.807, 2.05) is 11.5 Å². The quantitative estimate of drug-likeness (QED) is 0.758. The molecule has 0 aliphatic rings. The molecule has 0 N–H and O–H groups in total. The highest BCUT2D eigenvalue weighted by atomic mass is 35.5. The molecule has 110 valence electrons. The normalized spacial score (nSPS) is 13.0. The van der Waals surface area contributed by atoms with Crippen LogP contribution in [-0.2, 0) is 23.8 Å². The predicted molar refractivity (Wildman–Crippen MR) is 82.7 cm³/mol. The highest BCUT2D eigenvalue weighted by Crippen LogP contribution is 2.24. The van der Waals surface area contributed by atoms with Crippen molar-refractivity contribution in [1.29, 1.82) is 0 Å². The van der Waals surface area contributed by atoms with E-state index in [0.29, 0.717) is 35.9 Å². The van der Waals surface area contributed by atoms with Gasteiger partial charge in [-0.05, 0) is 6.07 Å². The fraction of sp³-hybridized carbons (Fsp3) is 0.462. The maximum Gasteiger partial charge on any atom is 0.144 e. The maximum absolute atomic E-state index is 13.5. The van der Waals surface area contributed by atoms with Crippen LogP contribution in [0.1, 0.15) is 12.7 Å². The van der Waals surface area contributed by atoms with Gasteiger partial charge in [-0.25, -0.2) is 9.37 Å². The van der Waals surface area contributed by atoms with Gasteiger partial charge in [-0.2, -0.15) is 0 Å². The highest BCUT2D eigenvalue weighted by Gasteiger charge is 2.13. The molecule has 2 rings (SSSR count). The zero-order chi connectivity index (χ0) is 14.7. The lowest BCUT2D eigenvalue weighted by molar-refractivity contribution is 0.629. The summed E-state index contributed by atoms with van der Waals surface area (Å²) in [6, 6.07) is 2.88. The summed E-state index contributed by atoms with van der Waals surface area (Å²) in [6.45, 7) is 2.44. The molecule has 1 aromatic carbocycles. The molecule has 0 radical (unpaired) electrons. The Balaban J connectivity index is 2.44. The van der Waals surface area contributed by atoms with E-state index in [9.17, 15) is 8.60 Å². The van der Waals surface area contributed by atoms with Crippen LogP contribution in [0.3, 0.4) is 0 Å². The standard InChI is InChI=1S/C13H15Cl2FN2OS/c1-2-20(19)6-5-18-12-7-9(15)10(16)8-11(12)17-13(18)3-4-14/h7-8H,2-6H2,1H3. The van der Waals surface area contributed by atoms with Gasteiger partial charge in [0.1, 0.15) is 11.6 Å². The van der Waals surface area contributed by atoms with Crippen LogP contribution in [-0.4, -0.2) is 31.1 Å². The molecule has 0 spiro atoms. The van der Waals surface area contributed by atoms with Gasteiger partial charge in [0.15, 0.2) is 0 Å². The minimum Gasteiger partial charge on any atom is -0.327 e. The van der Waals surface area contributed by atoms with Crippen LogP contribution in [0.4, 0.5) is 4.39 Å². The monoisotopic (exact) mass is 336 g/mol. The summed E-state index contributed by atoms with van der Waals surface area (Å²) in [5.74, 6) is 1.86. The summed E-state index contributed by atoms with van der Waals surface area (Å²) in [7, 11) is -0.865. The molecule has 1 unspecified atom stereocenters. The molecule has 0 aliphatic heterocycles. The van der Waals surface area contributed by atoms with Crippen molar-refractivity contribution in [3.8, 4) is 0 Å². The number of imidazole rings is 1. The molecule has 3 nitrogen and oxygen atoms in total. The number of benzene rings is 1. The second-order valence-corrected chi connectivity index (χ2v) is 6.96. The lowest BCUT2D eigenvalue weighted by Gasteiger charge is -2.08. The Hall–Kier alpha value is -0.650. The third-order valence-corrected chi connectivity index (χ3v) is 4.81. The molecule has 0 fully saturated rings. The number of hydrogen-bond acceptors (Lipinski definition) is 2. The van der Waals surface area contributed by atoms with Gasteiger partial charge in [0.05, 0.1) is 16.1 Å². The molecule has 2 aromatic rings. The number of fused-ring (bicyclic) bond motifs is 1. The summed E-state index contributed by atoms with van der Waals surface area (Å²) in [5, 5.41) is 0.0627. The number of alkyl halides is 1. The molecular weight excluding hydrogens is 322 g/mol. The van der Waals surface area contributed by atoms with Crippen molar-refractivity contribution in [2.75, 3.05) is 17.4 Å². The van der Waals surface area contributed by atoms with Gasteiger partial charge in [-0.3, -0.25) is 4.21 Å². The smallest absolute Gasteiger partial charge is 0.144 e. The summed E-state index contributed by atoms with van der Waals surface area (Å²) in [4.78, 5) is 4.39. The first kappa shape index (κ1) is 15.7. The Morgan fingerprint density at radius 1 is 1.45 bits per heavy atom. The first-order valence-corrected chi connectivity index (χ1v) is 8.72. The van der Waals surface area contributed by atoms with E-state index in [4.69, 9.17) is 23.2 Å². The lowest BCUT2D eigenvalue weighted by Crippen LogP contribution is -2.12. The fourth-order valence-corrected chi connectivity index (χ4v) is 3.03. The van der Waals surface area contributed by atoms with Gasteiger partial charge in [-0.1, -0.05) is 18.5 Å². The third kappa shape index (κ3) is 3.32. The van der Waals surface area contributed by atoms with E-state index in [1.54, 1.807) is 6.07 Å². The van der Waals surface area contributed by atoms with Crippen LogP contribution < -0.4 is 0 Å². The fourth-order valence-electron chi connectivity index (χ4n) is 2.03. The Morgan fingerprint density at radius 2 is 2.20 bits per heavy atom.